The molecule has 0 atom stereocenters. The molecule has 0 bridgehead atoms. The van der Waals surface area contributed by atoms with Crippen LogP contribution in [0.2, 0.25) is 0 Å². The maximum absolute atomic E-state index is 11.8. The minimum Gasteiger partial charge on any atom is -0.422 e. The third-order valence-corrected chi connectivity index (χ3v) is 3.22. The van der Waals surface area contributed by atoms with Crippen LogP contribution in [0.1, 0.15) is 0 Å². The molecule has 0 unspecified atom stereocenters. The number of hydrogen-bond donors (Lipinski definition) is 0. The Bertz CT molecular complexity index is 763. The topological polar surface area (TPSA) is 43.1 Å². The van der Waals surface area contributed by atoms with E-state index in [1.165, 1.54) is 0 Å². The molecule has 3 rings (SSSR count). The van der Waals surface area contributed by atoms with E-state index in [2.05, 4.69) is 20.9 Å². The summed E-state index contributed by atoms with van der Waals surface area (Å²) >= 11 is 3.37. The number of rotatable bonds is 1. The van der Waals surface area contributed by atoms with E-state index in [0.717, 1.165) is 15.4 Å². The smallest absolute Gasteiger partial charge is 0.344 e. The molecule has 0 saturated heterocycles. The van der Waals surface area contributed by atoms with Crippen molar-refractivity contribution in [3.05, 3.63) is 63.7 Å². The fraction of sp³-hybridized carbons (Fsp3) is 0. The largest absolute Gasteiger partial charge is 0.422 e. The second-order valence-corrected chi connectivity index (χ2v) is 4.78. The Kier molecular flexibility index (Phi) is 2.72. The standard InChI is InChI=1S/C14H8BrNO2/c15-11-3-1-9(2-4-11)13-7-10-8-16-6-5-12(10)14(17)18-13/h1-8H. The van der Waals surface area contributed by atoms with Gasteiger partial charge in [-0.15, -0.1) is 0 Å². The molecule has 3 nitrogen and oxygen atoms in total. The molecule has 0 N–H and O–H groups in total. The summed E-state index contributed by atoms with van der Waals surface area (Å²) in [6.45, 7) is 0. The first-order valence-corrected chi connectivity index (χ1v) is 6.17. The highest BCUT2D eigenvalue weighted by atomic mass is 79.9. The molecule has 1 aromatic carbocycles. The molecule has 0 saturated carbocycles. The molecule has 18 heavy (non-hydrogen) atoms. The zero-order valence-electron chi connectivity index (χ0n) is 9.26. The van der Waals surface area contributed by atoms with Crippen molar-refractivity contribution in [2.75, 3.05) is 0 Å². The third-order valence-electron chi connectivity index (χ3n) is 2.69. The van der Waals surface area contributed by atoms with Gasteiger partial charge in [0.05, 0.1) is 5.39 Å². The van der Waals surface area contributed by atoms with Gasteiger partial charge < -0.3 is 4.42 Å². The van der Waals surface area contributed by atoms with Crippen LogP contribution >= 0.6 is 15.9 Å². The number of hydrogen-bond acceptors (Lipinski definition) is 3. The number of aromatic nitrogens is 1. The van der Waals surface area contributed by atoms with Gasteiger partial charge in [-0.05, 0) is 24.3 Å². The average Bonchev–Trinajstić information content (AvgIpc) is 2.39. The second-order valence-electron chi connectivity index (χ2n) is 3.87. The van der Waals surface area contributed by atoms with Crippen LogP contribution in [-0.4, -0.2) is 4.98 Å². The third kappa shape index (κ3) is 1.95. The molecule has 4 heteroatoms. The molecule has 0 aliphatic heterocycles. The van der Waals surface area contributed by atoms with Crippen LogP contribution in [0.5, 0.6) is 0 Å². The maximum Gasteiger partial charge on any atom is 0.344 e. The van der Waals surface area contributed by atoms with E-state index in [-0.39, 0.29) is 5.63 Å². The molecule has 2 aromatic heterocycles. The van der Waals surface area contributed by atoms with E-state index in [0.29, 0.717) is 11.1 Å². The SMILES string of the molecule is O=c1oc(-c2ccc(Br)cc2)cc2cnccc12. The van der Waals surface area contributed by atoms with Crippen molar-refractivity contribution in [3.8, 4) is 11.3 Å². The zero-order valence-corrected chi connectivity index (χ0v) is 10.8. The first kappa shape index (κ1) is 11.2. The second kappa shape index (κ2) is 4.38. The zero-order chi connectivity index (χ0) is 12.5. The van der Waals surface area contributed by atoms with Crippen LogP contribution in [0, 0.1) is 0 Å². The predicted molar refractivity (Wildman–Crippen MR) is 73.4 cm³/mol. The number of halogens is 1. The van der Waals surface area contributed by atoms with Crippen LogP contribution in [-0.2, 0) is 0 Å². The Balaban J connectivity index is 2.24. The Hall–Kier alpha value is -1.94. The minimum absolute atomic E-state index is 0.340. The van der Waals surface area contributed by atoms with E-state index < -0.39 is 0 Å². The summed E-state index contributed by atoms with van der Waals surface area (Å²) in [6.07, 6.45) is 3.24. The molecule has 0 radical (unpaired) electrons. The predicted octanol–water partition coefficient (Wildman–Crippen LogP) is 3.62. The fourth-order valence-corrected chi connectivity index (χ4v) is 2.05. The monoisotopic (exact) mass is 301 g/mol. The lowest BCUT2D eigenvalue weighted by molar-refractivity contribution is 0.534. The van der Waals surface area contributed by atoms with Gasteiger partial charge >= 0.3 is 5.63 Å². The molecular weight excluding hydrogens is 294 g/mol. The van der Waals surface area contributed by atoms with Crippen LogP contribution in [0.25, 0.3) is 22.1 Å². The van der Waals surface area contributed by atoms with Gasteiger partial charge in [-0.3, -0.25) is 4.98 Å². The lowest BCUT2D eigenvalue weighted by atomic mass is 10.1. The molecule has 0 amide bonds. The van der Waals surface area contributed by atoms with Gasteiger partial charge in [0.15, 0.2) is 0 Å². The number of fused-ring (bicyclic) bond motifs is 1. The van der Waals surface area contributed by atoms with E-state index in [9.17, 15) is 4.79 Å². The molecule has 0 aliphatic carbocycles. The van der Waals surface area contributed by atoms with Gasteiger partial charge in [-0.1, -0.05) is 28.1 Å². The lowest BCUT2D eigenvalue weighted by Crippen LogP contribution is -2.00. The molecule has 2 heterocycles. The van der Waals surface area contributed by atoms with Gasteiger partial charge in [0.1, 0.15) is 5.76 Å². The van der Waals surface area contributed by atoms with Crippen LogP contribution in [0.15, 0.2) is 62.5 Å². The highest BCUT2D eigenvalue weighted by Gasteiger charge is 2.06. The Morgan fingerprint density at radius 3 is 2.67 bits per heavy atom. The van der Waals surface area contributed by atoms with Crippen LogP contribution in [0.3, 0.4) is 0 Å². The minimum atomic E-state index is -0.340. The average molecular weight is 302 g/mol. The summed E-state index contributed by atoms with van der Waals surface area (Å²) in [6, 6.07) is 11.1. The Labute approximate surface area is 111 Å². The van der Waals surface area contributed by atoms with Gasteiger partial charge in [0, 0.05) is 27.8 Å². The van der Waals surface area contributed by atoms with Gasteiger partial charge in [-0.2, -0.15) is 0 Å². The van der Waals surface area contributed by atoms with E-state index in [1.807, 2.05) is 30.3 Å². The highest BCUT2D eigenvalue weighted by molar-refractivity contribution is 9.10. The molecular formula is C14H8BrNO2. The lowest BCUT2D eigenvalue weighted by Gasteiger charge is -2.02. The Morgan fingerprint density at radius 1 is 1.11 bits per heavy atom. The number of pyridine rings is 1. The van der Waals surface area contributed by atoms with Crippen molar-refractivity contribution < 1.29 is 4.42 Å². The number of nitrogens with zero attached hydrogens (tertiary/aromatic N) is 1. The van der Waals surface area contributed by atoms with Crippen LogP contribution in [0.4, 0.5) is 0 Å². The molecule has 3 aromatic rings. The summed E-state index contributed by atoms with van der Waals surface area (Å²) in [4.78, 5) is 15.9. The molecule has 0 spiro atoms. The van der Waals surface area contributed by atoms with E-state index >= 15 is 0 Å². The van der Waals surface area contributed by atoms with Crippen molar-refractivity contribution in [3.63, 3.8) is 0 Å². The van der Waals surface area contributed by atoms with Gasteiger partial charge in [0.25, 0.3) is 0 Å². The van der Waals surface area contributed by atoms with E-state index in [1.54, 1.807) is 18.5 Å². The first-order chi connectivity index (χ1) is 8.74. The first-order valence-electron chi connectivity index (χ1n) is 5.38. The normalized spacial score (nSPS) is 10.7. The van der Waals surface area contributed by atoms with Crippen molar-refractivity contribution in [2.45, 2.75) is 0 Å². The fourth-order valence-electron chi connectivity index (χ4n) is 1.79. The summed E-state index contributed by atoms with van der Waals surface area (Å²) in [5.41, 5.74) is 0.522. The van der Waals surface area contributed by atoms with Crippen molar-refractivity contribution in [1.82, 2.24) is 4.98 Å². The number of benzene rings is 1. The molecule has 0 aliphatic rings. The summed E-state index contributed by atoms with van der Waals surface area (Å²) < 4.78 is 6.30. The quantitative estimate of drug-likeness (QED) is 0.689. The van der Waals surface area contributed by atoms with Gasteiger partial charge in [0.2, 0.25) is 0 Å². The summed E-state index contributed by atoms with van der Waals surface area (Å²) in [5, 5.41) is 1.33. The molecule has 88 valence electrons. The van der Waals surface area contributed by atoms with E-state index in [4.69, 9.17) is 4.42 Å². The summed E-state index contributed by atoms with van der Waals surface area (Å²) in [5.74, 6) is 0.549. The van der Waals surface area contributed by atoms with Crippen LogP contribution < -0.4 is 5.63 Å². The summed E-state index contributed by atoms with van der Waals surface area (Å²) in [7, 11) is 0. The highest BCUT2D eigenvalue weighted by Crippen LogP contribution is 2.23. The maximum atomic E-state index is 11.8. The van der Waals surface area contributed by atoms with Gasteiger partial charge in [-0.25, -0.2) is 4.79 Å². The van der Waals surface area contributed by atoms with Crippen molar-refractivity contribution in [1.29, 1.82) is 0 Å². The van der Waals surface area contributed by atoms with Crippen molar-refractivity contribution >= 4 is 26.7 Å². The molecule has 0 fully saturated rings. The van der Waals surface area contributed by atoms with Crippen molar-refractivity contribution in [2.24, 2.45) is 0 Å². The Morgan fingerprint density at radius 2 is 1.89 bits per heavy atom.